The van der Waals surface area contributed by atoms with E-state index in [1.54, 1.807) is 6.92 Å². The Morgan fingerprint density at radius 2 is 2.00 bits per heavy atom. The van der Waals surface area contributed by atoms with Crippen molar-refractivity contribution in [3.8, 4) is 0 Å². The summed E-state index contributed by atoms with van der Waals surface area (Å²) in [5.41, 5.74) is 0. The molecule has 0 spiro atoms. The molecule has 6 heteroatoms. The monoisotopic (exact) mass is 223 g/mol. The predicted molar refractivity (Wildman–Crippen MR) is 53.3 cm³/mol. The SMILES string of the molecule is CCS(=O)(=O)N(C)CCCC(=O)OC. The summed E-state index contributed by atoms with van der Waals surface area (Å²) in [6, 6.07) is 0. The zero-order valence-corrected chi connectivity index (χ0v) is 9.63. The van der Waals surface area contributed by atoms with E-state index in [0.717, 1.165) is 0 Å². The van der Waals surface area contributed by atoms with Gasteiger partial charge in [-0.1, -0.05) is 0 Å². The summed E-state index contributed by atoms with van der Waals surface area (Å²) in [6.07, 6.45) is 0.739. The quantitative estimate of drug-likeness (QED) is 0.604. The first-order valence-electron chi connectivity index (χ1n) is 4.45. The third-order valence-corrected chi connectivity index (χ3v) is 3.78. The molecule has 0 rings (SSSR count). The zero-order valence-electron chi connectivity index (χ0n) is 8.82. The van der Waals surface area contributed by atoms with E-state index in [1.165, 1.54) is 18.5 Å². The molecule has 0 aliphatic carbocycles. The molecule has 0 fully saturated rings. The number of hydrogen-bond acceptors (Lipinski definition) is 4. The van der Waals surface area contributed by atoms with Crippen molar-refractivity contribution in [3.63, 3.8) is 0 Å². The standard InChI is InChI=1S/C8H17NO4S/c1-4-14(11,12)9(2)7-5-6-8(10)13-3/h4-7H2,1-3H3. The maximum atomic E-state index is 11.3. The number of nitrogens with zero attached hydrogens (tertiary/aromatic N) is 1. The second-order valence-electron chi connectivity index (χ2n) is 2.90. The molecule has 5 nitrogen and oxygen atoms in total. The van der Waals surface area contributed by atoms with Crippen LogP contribution >= 0.6 is 0 Å². The van der Waals surface area contributed by atoms with E-state index >= 15 is 0 Å². The van der Waals surface area contributed by atoms with E-state index in [0.29, 0.717) is 13.0 Å². The number of carbonyl (C=O) groups excluding carboxylic acids is 1. The minimum Gasteiger partial charge on any atom is -0.469 e. The number of carbonyl (C=O) groups is 1. The Balaban J connectivity index is 3.86. The van der Waals surface area contributed by atoms with Crippen molar-refractivity contribution >= 4 is 16.0 Å². The number of hydrogen-bond donors (Lipinski definition) is 0. The van der Waals surface area contributed by atoms with Gasteiger partial charge in [-0.3, -0.25) is 4.79 Å². The van der Waals surface area contributed by atoms with Crippen LogP contribution in [0.3, 0.4) is 0 Å². The fourth-order valence-corrected chi connectivity index (χ4v) is 1.76. The smallest absolute Gasteiger partial charge is 0.305 e. The van der Waals surface area contributed by atoms with Gasteiger partial charge in [0.15, 0.2) is 0 Å². The summed E-state index contributed by atoms with van der Waals surface area (Å²) < 4.78 is 28.2. The van der Waals surface area contributed by atoms with Crippen LogP contribution in [0.25, 0.3) is 0 Å². The lowest BCUT2D eigenvalue weighted by Crippen LogP contribution is -2.29. The third kappa shape index (κ3) is 4.57. The highest BCUT2D eigenvalue weighted by Crippen LogP contribution is 2.01. The maximum absolute atomic E-state index is 11.3. The van der Waals surface area contributed by atoms with Crippen LogP contribution in [-0.2, 0) is 19.6 Å². The first kappa shape index (κ1) is 13.4. The summed E-state index contributed by atoms with van der Waals surface area (Å²) in [6.45, 7) is 1.94. The van der Waals surface area contributed by atoms with E-state index < -0.39 is 10.0 Å². The first-order valence-corrected chi connectivity index (χ1v) is 6.05. The van der Waals surface area contributed by atoms with Crippen LogP contribution in [0, 0.1) is 0 Å². The van der Waals surface area contributed by atoms with E-state index in [9.17, 15) is 13.2 Å². The Morgan fingerprint density at radius 3 is 2.43 bits per heavy atom. The molecule has 0 bridgehead atoms. The number of esters is 1. The first-order chi connectivity index (χ1) is 6.44. The number of sulfonamides is 1. The lowest BCUT2D eigenvalue weighted by atomic mass is 10.3. The molecule has 14 heavy (non-hydrogen) atoms. The summed E-state index contributed by atoms with van der Waals surface area (Å²) in [5.74, 6) is -0.228. The molecule has 0 saturated heterocycles. The average molecular weight is 223 g/mol. The van der Waals surface area contributed by atoms with Gasteiger partial charge in [0, 0.05) is 20.0 Å². The van der Waals surface area contributed by atoms with Gasteiger partial charge in [0.2, 0.25) is 10.0 Å². The molecule has 0 N–H and O–H groups in total. The Hall–Kier alpha value is -0.620. The van der Waals surface area contributed by atoms with Gasteiger partial charge in [-0.05, 0) is 13.3 Å². The molecule has 0 aromatic heterocycles. The Labute approximate surface area is 85.1 Å². The highest BCUT2D eigenvalue weighted by atomic mass is 32.2. The van der Waals surface area contributed by atoms with E-state index in [4.69, 9.17) is 0 Å². The fraction of sp³-hybridized carbons (Fsp3) is 0.875. The molecule has 0 unspecified atom stereocenters. The summed E-state index contributed by atoms with van der Waals surface area (Å²) in [7, 11) is -0.297. The van der Waals surface area contributed by atoms with Crippen LogP contribution < -0.4 is 0 Å². The predicted octanol–water partition coefficient (Wildman–Crippen LogP) is 0.221. The highest BCUT2D eigenvalue weighted by Gasteiger charge is 2.14. The molecule has 0 heterocycles. The van der Waals surface area contributed by atoms with Crippen LogP contribution in [0.1, 0.15) is 19.8 Å². The third-order valence-electron chi connectivity index (χ3n) is 1.92. The van der Waals surface area contributed by atoms with Crippen molar-refractivity contribution in [1.29, 1.82) is 0 Å². The maximum Gasteiger partial charge on any atom is 0.305 e. The molecular weight excluding hydrogens is 206 g/mol. The van der Waals surface area contributed by atoms with Gasteiger partial charge in [-0.25, -0.2) is 12.7 Å². The number of ether oxygens (including phenoxy) is 1. The molecule has 0 radical (unpaired) electrons. The normalized spacial score (nSPS) is 11.7. The fourth-order valence-electron chi connectivity index (χ4n) is 0.908. The minimum absolute atomic E-state index is 0.0850. The molecule has 0 aliphatic rings. The summed E-state index contributed by atoms with van der Waals surface area (Å²) in [5, 5.41) is 0. The molecular formula is C8H17NO4S. The molecule has 0 saturated carbocycles. The lowest BCUT2D eigenvalue weighted by Gasteiger charge is -2.14. The summed E-state index contributed by atoms with van der Waals surface area (Å²) in [4.78, 5) is 10.7. The molecule has 0 atom stereocenters. The van der Waals surface area contributed by atoms with Gasteiger partial charge in [0.25, 0.3) is 0 Å². The Kier molecular flexibility index (Phi) is 5.71. The van der Waals surface area contributed by atoms with Gasteiger partial charge in [-0.15, -0.1) is 0 Å². The molecule has 0 amide bonds. The van der Waals surface area contributed by atoms with Crippen molar-refractivity contribution in [1.82, 2.24) is 4.31 Å². The second kappa shape index (κ2) is 5.98. The van der Waals surface area contributed by atoms with E-state index in [2.05, 4.69) is 4.74 Å². The lowest BCUT2D eigenvalue weighted by molar-refractivity contribution is -0.140. The van der Waals surface area contributed by atoms with Crippen LogP contribution in [0.5, 0.6) is 0 Å². The Bertz CT molecular complexity index is 273. The van der Waals surface area contributed by atoms with Gasteiger partial charge in [0.05, 0.1) is 12.9 Å². The van der Waals surface area contributed by atoms with Crippen molar-refractivity contribution < 1.29 is 17.9 Å². The van der Waals surface area contributed by atoms with Gasteiger partial charge in [-0.2, -0.15) is 0 Å². The Morgan fingerprint density at radius 1 is 1.43 bits per heavy atom. The van der Waals surface area contributed by atoms with Crippen LogP contribution in [-0.4, -0.2) is 45.1 Å². The molecule has 84 valence electrons. The van der Waals surface area contributed by atoms with Gasteiger partial charge >= 0.3 is 5.97 Å². The van der Waals surface area contributed by atoms with Crippen molar-refractivity contribution in [3.05, 3.63) is 0 Å². The van der Waals surface area contributed by atoms with Crippen molar-refractivity contribution in [2.24, 2.45) is 0 Å². The largest absolute Gasteiger partial charge is 0.469 e. The van der Waals surface area contributed by atoms with E-state index in [-0.39, 0.29) is 18.1 Å². The van der Waals surface area contributed by atoms with Crippen LogP contribution in [0.15, 0.2) is 0 Å². The number of rotatable bonds is 6. The van der Waals surface area contributed by atoms with Crippen molar-refractivity contribution in [2.75, 3.05) is 26.5 Å². The number of methoxy groups -OCH3 is 1. The van der Waals surface area contributed by atoms with Gasteiger partial charge < -0.3 is 4.74 Å². The van der Waals surface area contributed by atoms with Gasteiger partial charge in [0.1, 0.15) is 0 Å². The highest BCUT2D eigenvalue weighted by molar-refractivity contribution is 7.89. The molecule has 0 aromatic rings. The second-order valence-corrected chi connectivity index (χ2v) is 5.27. The summed E-state index contributed by atoms with van der Waals surface area (Å²) >= 11 is 0. The molecule has 0 aliphatic heterocycles. The van der Waals surface area contributed by atoms with Crippen molar-refractivity contribution in [2.45, 2.75) is 19.8 Å². The van der Waals surface area contributed by atoms with Crippen LogP contribution in [0.2, 0.25) is 0 Å². The average Bonchev–Trinajstić information content (AvgIpc) is 2.17. The van der Waals surface area contributed by atoms with Crippen LogP contribution in [0.4, 0.5) is 0 Å². The zero-order chi connectivity index (χ0) is 11.2. The van der Waals surface area contributed by atoms with E-state index in [1.807, 2.05) is 0 Å². The topological polar surface area (TPSA) is 63.7 Å². The molecule has 0 aromatic carbocycles. The minimum atomic E-state index is -3.12.